The number of rotatable bonds is 6. The van der Waals surface area contributed by atoms with Crippen molar-refractivity contribution in [3.63, 3.8) is 0 Å². The molecule has 3 aromatic rings. The zero-order valence-electron chi connectivity index (χ0n) is 16.8. The maximum absolute atomic E-state index is 12.3. The predicted molar refractivity (Wildman–Crippen MR) is 116 cm³/mol. The van der Waals surface area contributed by atoms with Crippen molar-refractivity contribution in [3.05, 3.63) is 65.0 Å². The summed E-state index contributed by atoms with van der Waals surface area (Å²) in [5, 5.41) is 7.67. The van der Waals surface area contributed by atoms with Crippen LogP contribution in [0.15, 0.2) is 59.0 Å². The minimum Gasteiger partial charge on any atom is -0.496 e. The highest BCUT2D eigenvalue weighted by Gasteiger charge is 2.22. The number of hydrogen-bond donors (Lipinski definition) is 1. The summed E-state index contributed by atoms with van der Waals surface area (Å²) in [7, 11) is 1.62. The first-order valence-corrected chi connectivity index (χ1v) is 10.3. The lowest BCUT2D eigenvalue weighted by atomic mass is 10.0. The Kier molecular flexibility index (Phi) is 6.25. The normalized spacial score (nSPS) is 15.1. The molecule has 0 radical (unpaired) electrons. The van der Waals surface area contributed by atoms with E-state index in [1.54, 1.807) is 11.8 Å². The van der Waals surface area contributed by atoms with E-state index in [0.29, 0.717) is 28.7 Å². The van der Waals surface area contributed by atoms with Gasteiger partial charge in [0.15, 0.2) is 0 Å². The highest BCUT2D eigenvalue weighted by atomic mass is 32.1. The molecule has 7 nitrogen and oxygen atoms in total. The number of hydrogen-bond acceptors (Lipinski definition) is 6. The van der Waals surface area contributed by atoms with Gasteiger partial charge in [0, 0.05) is 24.7 Å². The predicted octanol–water partition coefficient (Wildman–Crippen LogP) is 3.73. The van der Waals surface area contributed by atoms with Crippen LogP contribution in [0.4, 0.5) is 0 Å². The van der Waals surface area contributed by atoms with Crippen molar-refractivity contribution in [2.75, 3.05) is 20.2 Å². The van der Waals surface area contributed by atoms with E-state index in [4.69, 9.17) is 21.4 Å². The third kappa shape index (κ3) is 4.60. The highest BCUT2D eigenvalue weighted by molar-refractivity contribution is 7.71. The largest absolute Gasteiger partial charge is 0.496 e. The lowest BCUT2D eigenvalue weighted by Gasteiger charge is -2.31. The van der Waals surface area contributed by atoms with Crippen LogP contribution in [0.25, 0.3) is 11.5 Å². The number of nitrogens with zero attached hydrogens (tertiary/aromatic N) is 3. The monoisotopic (exact) mass is 424 g/mol. The van der Waals surface area contributed by atoms with Crippen LogP contribution >= 0.6 is 12.2 Å². The highest BCUT2D eigenvalue weighted by Crippen LogP contribution is 2.28. The molecule has 1 fully saturated rings. The fraction of sp³-hybridized carbons (Fsp3) is 0.318. The average Bonchev–Trinajstić information content (AvgIpc) is 3.15. The summed E-state index contributed by atoms with van der Waals surface area (Å²) >= 11 is 5.36. The van der Waals surface area contributed by atoms with E-state index < -0.39 is 0 Å². The number of methoxy groups -OCH3 is 1. The number of amides is 1. The topological polar surface area (TPSA) is 72.5 Å². The smallest absolute Gasteiger partial charge is 0.288 e. The average molecular weight is 425 g/mol. The van der Waals surface area contributed by atoms with Gasteiger partial charge in [0.25, 0.3) is 16.6 Å². The summed E-state index contributed by atoms with van der Waals surface area (Å²) in [6.45, 7) is 2.24. The van der Waals surface area contributed by atoms with E-state index in [9.17, 15) is 4.79 Å². The fourth-order valence-electron chi connectivity index (χ4n) is 3.59. The van der Waals surface area contributed by atoms with Crippen LogP contribution < -0.4 is 10.1 Å². The molecule has 1 aliphatic heterocycles. The molecular formula is C22H24N4O3S. The number of aromatic nitrogens is 2. The quantitative estimate of drug-likeness (QED) is 0.608. The second-order valence-corrected chi connectivity index (χ2v) is 7.60. The van der Waals surface area contributed by atoms with E-state index in [1.807, 2.05) is 54.6 Å². The molecule has 4 rings (SSSR count). The molecule has 0 bridgehead atoms. The molecule has 1 saturated heterocycles. The Morgan fingerprint density at radius 1 is 1.17 bits per heavy atom. The third-order valence-electron chi connectivity index (χ3n) is 5.24. The number of para-hydroxylation sites is 1. The molecule has 1 aromatic heterocycles. The van der Waals surface area contributed by atoms with Crippen LogP contribution in [0.2, 0.25) is 0 Å². The Bertz CT molecular complexity index is 1060. The van der Waals surface area contributed by atoms with Crippen molar-refractivity contribution in [2.45, 2.75) is 25.6 Å². The molecule has 1 amide bonds. The molecule has 8 heteroatoms. The molecule has 30 heavy (non-hydrogen) atoms. The molecule has 0 spiro atoms. The first kappa shape index (κ1) is 20.3. The lowest BCUT2D eigenvalue weighted by Crippen LogP contribution is -2.45. The van der Waals surface area contributed by atoms with Gasteiger partial charge < -0.3 is 14.5 Å². The minimum absolute atomic E-state index is 0.0192. The van der Waals surface area contributed by atoms with Crippen LogP contribution in [-0.4, -0.2) is 46.8 Å². The maximum atomic E-state index is 12.3. The standard InChI is InChI=1S/C22H24N4O3S/c1-28-19-10-6-5-9-18(19)21-24-26(22(30)29-21)15-25-13-11-17(12-14-25)23-20(27)16-7-3-2-4-8-16/h2-10,17H,11-15H2,1H3,(H,23,27). The van der Waals surface area contributed by atoms with E-state index in [0.717, 1.165) is 31.5 Å². The van der Waals surface area contributed by atoms with Crippen molar-refractivity contribution in [3.8, 4) is 17.2 Å². The van der Waals surface area contributed by atoms with Gasteiger partial charge in [-0.25, -0.2) is 4.68 Å². The number of likely N-dealkylation sites (tertiary alicyclic amines) is 1. The van der Waals surface area contributed by atoms with Gasteiger partial charge in [0.1, 0.15) is 5.75 Å². The molecular weight excluding hydrogens is 400 g/mol. The lowest BCUT2D eigenvalue weighted by molar-refractivity contribution is 0.0895. The fourth-order valence-corrected chi connectivity index (χ4v) is 3.77. The van der Waals surface area contributed by atoms with Crippen LogP contribution in [0.1, 0.15) is 23.2 Å². The number of carbonyl (C=O) groups excluding carboxylic acids is 1. The van der Waals surface area contributed by atoms with Crippen molar-refractivity contribution in [1.29, 1.82) is 0 Å². The summed E-state index contributed by atoms with van der Waals surface area (Å²) in [5.74, 6) is 1.12. The number of benzene rings is 2. The van der Waals surface area contributed by atoms with Crippen molar-refractivity contribution < 1.29 is 13.9 Å². The first-order valence-electron chi connectivity index (χ1n) is 9.93. The van der Waals surface area contributed by atoms with Gasteiger partial charge in [-0.05, 0) is 49.3 Å². The van der Waals surface area contributed by atoms with Gasteiger partial charge >= 0.3 is 0 Å². The van der Waals surface area contributed by atoms with Crippen LogP contribution in [-0.2, 0) is 6.67 Å². The van der Waals surface area contributed by atoms with E-state index in [2.05, 4.69) is 15.3 Å². The molecule has 1 aliphatic rings. The van der Waals surface area contributed by atoms with E-state index >= 15 is 0 Å². The summed E-state index contributed by atoms with van der Waals surface area (Å²) in [5.41, 5.74) is 1.46. The molecule has 0 atom stereocenters. The Labute approximate surface area is 180 Å². The van der Waals surface area contributed by atoms with Gasteiger partial charge in [0.2, 0.25) is 0 Å². The molecule has 2 heterocycles. The Balaban J connectivity index is 1.35. The molecule has 1 N–H and O–H groups in total. The number of carbonyl (C=O) groups is 1. The molecule has 2 aromatic carbocycles. The zero-order chi connectivity index (χ0) is 20.9. The molecule has 0 aliphatic carbocycles. The molecule has 156 valence electrons. The van der Waals surface area contributed by atoms with E-state index in [-0.39, 0.29) is 11.9 Å². The van der Waals surface area contributed by atoms with Gasteiger partial charge in [-0.1, -0.05) is 30.3 Å². The summed E-state index contributed by atoms with van der Waals surface area (Å²) in [6.07, 6.45) is 1.76. The second-order valence-electron chi connectivity index (χ2n) is 7.25. The zero-order valence-corrected chi connectivity index (χ0v) is 17.6. The van der Waals surface area contributed by atoms with Crippen molar-refractivity contribution in [1.82, 2.24) is 20.0 Å². The van der Waals surface area contributed by atoms with E-state index in [1.165, 1.54) is 0 Å². The first-order chi connectivity index (χ1) is 14.6. The van der Waals surface area contributed by atoms with Crippen molar-refractivity contribution >= 4 is 18.1 Å². The van der Waals surface area contributed by atoms with Gasteiger partial charge in [0.05, 0.1) is 19.3 Å². The third-order valence-corrected chi connectivity index (χ3v) is 5.53. The molecule has 0 unspecified atom stereocenters. The second kappa shape index (κ2) is 9.23. The van der Waals surface area contributed by atoms with Gasteiger partial charge in [-0.15, -0.1) is 5.10 Å². The van der Waals surface area contributed by atoms with Crippen LogP contribution in [0, 0.1) is 4.84 Å². The van der Waals surface area contributed by atoms with Crippen molar-refractivity contribution in [2.24, 2.45) is 0 Å². The SMILES string of the molecule is COc1ccccc1-c1nn(CN2CCC(NC(=O)c3ccccc3)CC2)c(=S)o1. The number of ether oxygens (including phenoxy) is 1. The van der Waals surface area contributed by atoms with Gasteiger partial charge in [-0.2, -0.15) is 0 Å². The summed E-state index contributed by atoms with van der Waals surface area (Å²) < 4.78 is 12.8. The summed E-state index contributed by atoms with van der Waals surface area (Å²) in [4.78, 5) is 14.9. The Morgan fingerprint density at radius 3 is 2.60 bits per heavy atom. The minimum atomic E-state index is -0.0192. The number of nitrogens with one attached hydrogen (secondary N) is 1. The maximum Gasteiger partial charge on any atom is 0.288 e. The summed E-state index contributed by atoms with van der Waals surface area (Å²) in [6, 6.07) is 17.0. The molecule has 0 saturated carbocycles. The van der Waals surface area contributed by atoms with Gasteiger partial charge in [-0.3, -0.25) is 9.69 Å². The Morgan fingerprint density at radius 2 is 1.87 bits per heavy atom. The van der Waals surface area contributed by atoms with Crippen LogP contribution in [0.5, 0.6) is 5.75 Å². The van der Waals surface area contributed by atoms with Crippen LogP contribution in [0.3, 0.4) is 0 Å². The number of piperidine rings is 1. The Hall–Kier alpha value is -2.97.